The first kappa shape index (κ1) is 14.8. The second-order valence-corrected chi connectivity index (χ2v) is 5.13. The molecular formula is C16H23N3O. The number of nitrogens with zero attached hydrogens (tertiary/aromatic N) is 2. The number of ether oxygens (including phenoxy) is 1. The minimum absolute atomic E-state index is 0.332. The summed E-state index contributed by atoms with van der Waals surface area (Å²) in [6.07, 6.45) is 0. The SMILES string of the molecule is COCC(C)NCc1c(C)nn(-c2ccccc2)c1C. The van der Waals surface area contributed by atoms with Crippen LogP contribution in [0, 0.1) is 13.8 Å². The average molecular weight is 273 g/mol. The van der Waals surface area contributed by atoms with E-state index < -0.39 is 0 Å². The third-order valence-corrected chi connectivity index (χ3v) is 3.49. The molecular weight excluding hydrogens is 250 g/mol. The molecule has 0 saturated heterocycles. The highest BCUT2D eigenvalue weighted by molar-refractivity contribution is 5.36. The zero-order valence-electron chi connectivity index (χ0n) is 12.7. The Bertz CT molecular complexity index is 548. The Morgan fingerprint density at radius 1 is 1.25 bits per heavy atom. The summed E-state index contributed by atoms with van der Waals surface area (Å²) in [6, 6.07) is 10.6. The van der Waals surface area contributed by atoms with E-state index in [1.54, 1.807) is 7.11 Å². The second kappa shape index (κ2) is 6.68. The van der Waals surface area contributed by atoms with Crippen molar-refractivity contribution < 1.29 is 4.74 Å². The number of aryl methyl sites for hydroxylation is 1. The maximum absolute atomic E-state index is 5.14. The third kappa shape index (κ3) is 3.26. The summed E-state index contributed by atoms with van der Waals surface area (Å²) >= 11 is 0. The van der Waals surface area contributed by atoms with Crippen LogP contribution in [0.2, 0.25) is 0 Å². The molecule has 20 heavy (non-hydrogen) atoms. The Kier molecular flexibility index (Phi) is 4.93. The molecule has 0 aliphatic carbocycles. The predicted molar refractivity (Wildman–Crippen MR) is 81.2 cm³/mol. The molecule has 1 aromatic carbocycles. The lowest BCUT2D eigenvalue weighted by atomic mass is 10.2. The van der Waals surface area contributed by atoms with E-state index in [1.807, 2.05) is 22.9 Å². The van der Waals surface area contributed by atoms with Crippen molar-refractivity contribution in [1.29, 1.82) is 0 Å². The van der Waals surface area contributed by atoms with Crippen molar-refractivity contribution in [3.63, 3.8) is 0 Å². The minimum atomic E-state index is 0.332. The van der Waals surface area contributed by atoms with Gasteiger partial charge in [0.25, 0.3) is 0 Å². The quantitative estimate of drug-likeness (QED) is 0.879. The normalized spacial score (nSPS) is 12.6. The van der Waals surface area contributed by atoms with E-state index >= 15 is 0 Å². The van der Waals surface area contributed by atoms with Gasteiger partial charge in [-0.3, -0.25) is 0 Å². The monoisotopic (exact) mass is 273 g/mol. The molecule has 108 valence electrons. The molecule has 2 rings (SSSR count). The smallest absolute Gasteiger partial charge is 0.0648 e. The molecule has 0 saturated carbocycles. The first-order chi connectivity index (χ1) is 9.63. The highest BCUT2D eigenvalue weighted by Crippen LogP contribution is 2.17. The van der Waals surface area contributed by atoms with Gasteiger partial charge < -0.3 is 10.1 Å². The first-order valence-corrected chi connectivity index (χ1v) is 6.96. The fourth-order valence-electron chi connectivity index (χ4n) is 2.34. The lowest BCUT2D eigenvalue weighted by Crippen LogP contribution is -2.29. The Hall–Kier alpha value is -1.65. The van der Waals surface area contributed by atoms with Crippen molar-refractivity contribution in [3.8, 4) is 5.69 Å². The van der Waals surface area contributed by atoms with Crippen LogP contribution in [-0.2, 0) is 11.3 Å². The van der Waals surface area contributed by atoms with Gasteiger partial charge in [-0.1, -0.05) is 18.2 Å². The van der Waals surface area contributed by atoms with E-state index in [4.69, 9.17) is 4.74 Å². The van der Waals surface area contributed by atoms with E-state index in [9.17, 15) is 0 Å². The summed E-state index contributed by atoms with van der Waals surface area (Å²) in [5.74, 6) is 0. The topological polar surface area (TPSA) is 39.1 Å². The van der Waals surface area contributed by atoms with E-state index in [0.29, 0.717) is 12.6 Å². The largest absolute Gasteiger partial charge is 0.383 e. The Balaban J connectivity index is 2.17. The first-order valence-electron chi connectivity index (χ1n) is 6.96. The van der Waals surface area contributed by atoms with Gasteiger partial charge in [-0.15, -0.1) is 0 Å². The van der Waals surface area contributed by atoms with Crippen molar-refractivity contribution in [3.05, 3.63) is 47.3 Å². The molecule has 4 heteroatoms. The third-order valence-electron chi connectivity index (χ3n) is 3.49. The number of benzene rings is 1. The maximum atomic E-state index is 5.14. The van der Waals surface area contributed by atoms with Crippen LogP contribution in [0.25, 0.3) is 5.69 Å². The highest BCUT2D eigenvalue weighted by atomic mass is 16.5. The van der Waals surface area contributed by atoms with Gasteiger partial charge in [-0.25, -0.2) is 4.68 Å². The summed E-state index contributed by atoms with van der Waals surface area (Å²) in [7, 11) is 1.72. The summed E-state index contributed by atoms with van der Waals surface area (Å²) in [4.78, 5) is 0. The zero-order chi connectivity index (χ0) is 14.5. The van der Waals surface area contributed by atoms with Gasteiger partial charge in [-0.05, 0) is 32.9 Å². The van der Waals surface area contributed by atoms with Gasteiger partial charge in [0.05, 0.1) is 18.0 Å². The van der Waals surface area contributed by atoms with Crippen molar-refractivity contribution in [2.75, 3.05) is 13.7 Å². The highest BCUT2D eigenvalue weighted by Gasteiger charge is 2.13. The van der Waals surface area contributed by atoms with Crippen LogP contribution in [0.1, 0.15) is 23.9 Å². The zero-order valence-corrected chi connectivity index (χ0v) is 12.7. The summed E-state index contributed by atoms with van der Waals surface area (Å²) < 4.78 is 7.15. The van der Waals surface area contributed by atoms with Crippen LogP contribution in [0.5, 0.6) is 0 Å². The predicted octanol–water partition coefficient (Wildman–Crippen LogP) is 2.61. The van der Waals surface area contributed by atoms with E-state index in [1.165, 1.54) is 11.3 Å². The minimum Gasteiger partial charge on any atom is -0.383 e. The van der Waals surface area contributed by atoms with E-state index in [2.05, 4.69) is 43.3 Å². The molecule has 0 aliphatic heterocycles. The number of aromatic nitrogens is 2. The van der Waals surface area contributed by atoms with Crippen molar-refractivity contribution >= 4 is 0 Å². The number of para-hydroxylation sites is 1. The van der Waals surface area contributed by atoms with Crippen LogP contribution >= 0.6 is 0 Å². The molecule has 0 amide bonds. The molecule has 1 aromatic heterocycles. The van der Waals surface area contributed by atoms with Gasteiger partial charge in [0.15, 0.2) is 0 Å². The Labute approximate surface area is 120 Å². The number of methoxy groups -OCH3 is 1. The van der Waals surface area contributed by atoms with Crippen molar-refractivity contribution in [2.24, 2.45) is 0 Å². The number of rotatable bonds is 6. The molecule has 0 radical (unpaired) electrons. The van der Waals surface area contributed by atoms with E-state index in [0.717, 1.165) is 17.9 Å². The molecule has 0 bridgehead atoms. The van der Waals surface area contributed by atoms with Crippen molar-refractivity contribution in [2.45, 2.75) is 33.4 Å². The van der Waals surface area contributed by atoms with Gasteiger partial charge in [0.1, 0.15) is 0 Å². The maximum Gasteiger partial charge on any atom is 0.0648 e. The summed E-state index contributed by atoms with van der Waals surface area (Å²) in [6.45, 7) is 7.82. The lowest BCUT2D eigenvalue weighted by Gasteiger charge is -2.13. The Morgan fingerprint density at radius 2 is 1.95 bits per heavy atom. The van der Waals surface area contributed by atoms with Crippen LogP contribution in [0.15, 0.2) is 30.3 Å². The van der Waals surface area contributed by atoms with Crippen LogP contribution in [0.3, 0.4) is 0 Å². The van der Waals surface area contributed by atoms with E-state index in [-0.39, 0.29) is 0 Å². The molecule has 1 unspecified atom stereocenters. The average Bonchev–Trinajstić information content (AvgIpc) is 2.73. The van der Waals surface area contributed by atoms with Crippen LogP contribution in [-0.4, -0.2) is 29.5 Å². The van der Waals surface area contributed by atoms with Crippen molar-refractivity contribution in [1.82, 2.24) is 15.1 Å². The number of nitrogens with one attached hydrogen (secondary N) is 1. The molecule has 0 aliphatic rings. The lowest BCUT2D eigenvalue weighted by molar-refractivity contribution is 0.171. The summed E-state index contributed by atoms with van der Waals surface area (Å²) in [5.41, 5.74) is 4.62. The fourth-order valence-corrected chi connectivity index (χ4v) is 2.34. The molecule has 0 spiro atoms. The second-order valence-electron chi connectivity index (χ2n) is 5.13. The molecule has 1 atom stereocenters. The van der Waals surface area contributed by atoms with Gasteiger partial charge in [-0.2, -0.15) is 5.10 Å². The molecule has 1 heterocycles. The van der Waals surface area contributed by atoms with Crippen LogP contribution in [0.4, 0.5) is 0 Å². The van der Waals surface area contributed by atoms with Gasteiger partial charge in [0.2, 0.25) is 0 Å². The summed E-state index contributed by atoms with van der Waals surface area (Å²) in [5, 5.41) is 8.12. The number of hydrogen-bond acceptors (Lipinski definition) is 3. The number of hydrogen-bond donors (Lipinski definition) is 1. The fraction of sp³-hybridized carbons (Fsp3) is 0.438. The molecule has 1 N–H and O–H groups in total. The van der Waals surface area contributed by atoms with Gasteiger partial charge in [0, 0.05) is 31.0 Å². The van der Waals surface area contributed by atoms with Gasteiger partial charge >= 0.3 is 0 Å². The van der Waals surface area contributed by atoms with Crippen LogP contribution < -0.4 is 5.32 Å². The Morgan fingerprint density at radius 3 is 2.60 bits per heavy atom. The molecule has 0 fully saturated rings. The molecule has 4 nitrogen and oxygen atoms in total. The standard InChI is InChI=1S/C16H23N3O/c1-12(11-20-4)17-10-16-13(2)18-19(14(16)3)15-8-6-5-7-9-15/h5-9,12,17H,10-11H2,1-4H3. The molecule has 2 aromatic rings.